The molecule has 4 rings (SSSR count). The Morgan fingerprint density at radius 1 is 1.19 bits per heavy atom. The number of likely N-dealkylation sites (tertiary alicyclic amines) is 1. The molecule has 0 bridgehead atoms. The second-order valence-corrected chi connectivity index (χ2v) is 7.03. The van der Waals surface area contributed by atoms with Crippen LogP contribution in [0.3, 0.4) is 0 Å². The largest absolute Gasteiger partial charge is 0.497 e. The molecule has 2 heterocycles. The Balaban J connectivity index is 1.39. The van der Waals surface area contributed by atoms with E-state index in [0.717, 1.165) is 53.9 Å². The highest BCUT2D eigenvalue weighted by atomic mass is 16.5. The molecule has 1 aliphatic heterocycles. The average Bonchev–Trinajstić information content (AvgIpc) is 3.20. The van der Waals surface area contributed by atoms with Gasteiger partial charge >= 0.3 is 0 Å². The van der Waals surface area contributed by atoms with Crippen LogP contribution in [0.1, 0.15) is 23.2 Å². The number of nitrogens with one attached hydrogen (secondary N) is 1. The summed E-state index contributed by atoms with van der Waals surface area (Å²) in [6.45, 7) is 2.13. The van der Waals surface area contributed by atoms with Gasteiger partial charge in [0.25, 0.3) is 5.91 Å². The second kappa shape index (κ2) is 7.74. The first kappa shape index (κ1) is 17.5. The van der Waals surface area contributed by atoms with E-state index in [1.807, 2.05) is 59.6 Å². The van der Waals surface area contributed by atoms with Crippen LogP contribution in [-0.4, -0.2) is 42.6 Å². The van der Waals surface area contributed by atoms with E-state index in [-0.39, 0.29) is 5.91 Å². The molecular formula is C22H24N2O3. The van der Waals surface area contributed by atoms with Gasteiger partial charge in [-0.3, -0.25) is 4.79 Å². The number of H-pyrrole nitrogens is 1. The number of carbonyl (C=O) groups is 1. The van der Waals surface area contributed by atoms with Crippen molar-refractivity contribution < 1.29 is 14.3 Å². The zero-order valence-electron chi connectivity index (χ0n) is 15.5. The van der Waals surface area contributed by atoms with E-state index in [0.29, 0.717) is 12.5 Å². The van der Waals surface area contributed by atoms with Crippen molar-refractivity contribution in [3.05, 3.63) is 60.3 Å². The number of piperidine rings is 1. The summed E-state index contributed by atoms with van der Waals surface area (Å²) < 4.78 is 11.2. The molecule has 0 spiro atoms. The molecule has 27 heavy (non-hydrogen) atoms. The molecule has 1 atom stereocenters. The van der Waals surface area contributed by atoms with E-state index < -0.39 is 0 Å². The number of carbonyl (C=O) groups excluding carboxylic acids is 1. The first-order valence-electron chi connectivity index (χ1n) is 9.36. The maximum Gasteiger partial charge on any atom is 0.253 e. The number of rotatable bonds is 5. The van der Waals surface area contributed by atoms with Gasteiger partial charge in [0.1, 0.15) is 11.5 Å². The fraction of sp³-hybridized carbons (Fsp3) is 0.318. The predicted molar refractivity (Wildman–Crippen MR) is 105 cm³/mol. The third-order valence-corrected chi connectivity index (χ3v) is 5.14. The number of amides is 1. The standard InChI is InChI=1S/C22H24N2O3/c1-26-19-5-2-6-20(13-19)27-15-16-4-3-11-24(14-16)22(25)18-8-7-17-9-10-23-21(17)12-18/h2,5-10,12-13,16,23H,3-4,11,14-15H2,1H3/t16-/m0/s1. The molecule has 1 amide bonds. The summed E-state index contributed by atoms with van der Waals surface area (Å²) in [6, 6.07) is 15.5. The second-order valence-electron chi connectivity index (χ2n) is 7.03. The molecule has 0 aliphatic carbocycles. The van der Waals surface area contributed by atoms with Crippen molar-refractivity contribution >= 4 is 16.8 Å². The molecular weight excluding hydrogens is 340 g/mol. The number of benzene rings is 2. The van der Waals surface area contributed by atoms with Gasteiger partial charge in [0.15, 0.2) is 0 Å². The Bertz CT molecular complexity index is 934. The lowest BCUT2D eigenvalue weighted by atomic mass is 9.98. The molecule has 3 aromatic rings. The van der Waals surface area contributed by atoms with Gasteiger partial charge in [-0.05, 0) is 48.6 Å². The van der Waals surface area contributed by atoms with Crippen molar-refractivity contribution in [1.82, 2.24) is 9.88 Å². The number of methoxy groups -OCH3 is 1. The van der Waals surface area contributed by atoms with E-state index in [4.69, 9.17) is 9.47 Å². The lowest BCUT2D eigenvalue weighted by molar-refractivity contribution is 0.0633. The predicted octanol–water partition coefficient (Wildman–Crippen LogP) is 4.11. The Labute approximate surface area is 158 Å². The van der Waals surface area contributed by atoms with E-state index in [1.165, 1.54) is 0 Å². The molecule has 5 nitrogen and oxygen atoms in total. The van der Waals surface area contributed by atoms with Gasteiger partial charge in [-0.25, -0.2) is 0 Å². The minimum absolute atomic E-state index is 0.0950. The van der Waals surface area contributed by atoms with Crippen LogP contribution in [-0.2, 0) is 0 Å². The maximum atomic E-state index is 12.9. The van der Waals surface area contributed by atoms with Crippen molar-refractivity contribution in [2.75, 3.05) is 26.8 Å². The van der Waals surface area contributed by atoms with Crippen molar-refractivity contribution in [3.8, 4) is 11.5 Å². The van der Waals surface area contributed by atoms with Gasteiger partial charge in [-0.15, -0.1) is 0 Å². The highest BCUT2D eigenvalue weighted by Crippen LogP contribution is 2.23. The van der Waals surface area contributed by atoms with Crippen molar-refractivity contribution in [1.29, 1.82) is 0 Å². The summed E-state index contributed by atoms with van der Waals surface area (Å²) in [6.07, 6.45) is 3.97. The van der Waals surface area contributed by atoms with Gasteiger partial charge < -0.3 is 19.4 Å². The molecule has 1 saturated heterocycles. The van der Waals surface area contributed by atoms with Crippen LogP contribution in [0.25, 0.3) is 10.9 Å². The number of hydrogen-bond donors (Lipinski definition) is 1. The van der Waals surface area contributed by atoms with Gasteiger partial charge in [0, 0.05) is 42.4 Å². The van der Waals surface area contributed by atoms with Gasteiger partial charge in [0.2, 0.25) is 0 Å². The Morgan fingerprint density at radius 2 is 2.07 bits per heavy atom. The van der Waals surface area contributed by atoms with Gasteiger partial charge in [-0.1, -0.05) is 12.1 Å². The third kappa shape index (κ3) is 3.92. The fourth-order valence-electron chi connectivity index (χ4n) is 3.65. The number of fused-ring (bicyclic) bond motifs is 1. The number of ether oxygens (including phenoxy) is 2. The highest BCUT2D eigenvalue weighted by Gasteiger charge is 2.25. The Morgan fingerprint density at radius 3 is 2.96 bits per heavy atom. The molecule has 1 aromatic heterocycles. The van der Waals surface area contributed by atoms with Gasteiger partial charge in [0.05, 0.1) is 13.7 Å². The third-order valence-electron chi connectivity index (χ3n) is 5.14. The van der Waals surface area contributed by atoms with Crippen LogP contribution in [0.15, 0.2) is 54.7 Å². The van der Waals surface area contributed by atoms with E-state index in [2.05, 4.69) is 4.98 Å². The van der Waals surface area contributed by atoms with Crippen molar-refractivity contribution in [2.45, 2.75) is 12.8 Å². The van der Waals surface area contributed by atoms with Crippen LogP contribution in [0.5, 0.6) is 11.5 Å². The first-order valence-corrected chi connectivity index (χ1v) is 9.36. The Kier molecular flexibility index (Phi) is 5.01. The molecule has 0 unspecified atom stereocenters. The van der Waals surface area contributed by atoms with Crippen molar-refractivity contribution in [3.63, 3.8) is 0 Å². The van der Waals surface area contributed by atoms with Crippen LogP contribution in [0, 0.1) is 5.92 Å². The van der Waals surface area contributed by atoms with E-state index in [9.17, 15) is 4.79 Å². The minimum Gasteiger partial charge on any atom is -0.497 e. The normalized spacial score (nSPS) is 17.1. The molecule has 1 N–H and O–H groups in total. The lowest BCUT2D eigenvalue weighted by Gasteiger charge is -2.32. The summed E-state index contributed by atoms with van der Waals surface area (Å²) in [5.74, 6) is 2.02. The molecule has 0 saturated carbocycles. The number of aromatic amines is 1. The minimum atomic E-state index is 0.0950. The number of hydrogen-bond acceptors (Lipinski definition) is 3. The molecule has 1 fully saturated rings. The number of nitrogens with zero attached hydrogens (tertiary/aromatic N) is 1. The molecule has 1 aliphatic rings. The van der Waals surface area contributed by atoms with Gasteiger partial charge in [-0.2, -0.15) is 0 Å². The first-order chi connectivity index (χ1) is 13.2. The molecule has 0 radical (unpaired) electrons. The van der Waals surface area contributed by atoms with Crippen molar-refractivity contribution in [2.24, 2.45) is 5.92 Å². The molecule has 5 heteroatoms. The Hall–Kier alpha value is -2.95. The number of aromatic nitrogens is 1. The summed E-state index contributed by atoms with van der Waals surface area (Å²) in [5, 5.41) is 1.12. The zero-order chi connectivity index (χ0) is 18.6. The topological polar surface area (TPSA) is 54.6 Å². The summed E-state index contributed by atoms with van der Waals surface area (Å²) in [4.78, 5) is 18.0. The molecule has 2 aromatic carbocycles. The summed E-state index contributed by atoms with van der Waals surface area (Å²) >= 11 is 0. The molecule has 140 valence electrons. The lowest BCUT2D eigenvalue weighted by Crippen LogP contribution is -2.41. The zero-order valence-corrected chi connectivity index (χ0v) is 15.5. The van der Waals surface area contributed by atoms with Crippen LogP contribution in [0.2, 0.25) is 0 Å². The monoisotopic (exact) mass is 364 g/mol. The smallest absolute Gasteiger partial charge is 0.253 e. The highest BCUT2D eigenvalue weighted by molar-refractivity contribution is 5.98. The van der Waals surface area contributed by atoms with E-state index >= 15 is 0 Å². The van der Waals surface area contributed by atoms with Crippen LogP contribution >= 0.6 is 0 Å². The SMILES string of the molecule is COc1cccc(OC[C@H]2CCCN(C(=O)c3ccc4cc[nH]c4c3)C2)c1. The average molecular weight is 364 g/mol. The van der Waals surface area contributed by atoms with Crippen LogP contribution in [0.4, 0.5) is 0 Å². The summed E-state index contributed by atoms with van der Waals surface area (Å²) in [7, 11) is 1.65. The summed E-state index contributed by atoms with van der Waals surface area (Å²) in [5.41, 5.74) is 1.73. The van der Waals surface area contributed by atoms with Crippen LogP contribution < -0.4 is 9.47 Å². The maximum absolute atomic E-state index is 12.9. The quantitative estimate of drug-likeness (QED) is 0.741. The van der Waals surface area contributed by atoms with E-state index in [1.54, 1.807) is 7.11 Å². The fourth-order valence-corrected chi connectivity index (χ4v) is 3.65.